The normalized spacial score (nSPS) is 21.3. The molecule has 1 fully saturated rings. The van der Waals surface area contributed by atoms with Crippen LogP contribution in [0.5, 0.6) is 0 Å². The van der Waals surface area contributed by atoms with Crippen LogP contribution in [0.3, 0.4) is 0 Å². The number of β-lactam (4-membered cyclic amide) rings is 1. The quantitative estimate of drug-likeness (QED) is 0.246. The number of carboxylic acids is 1. The molecule has 10 nitrogen and oxygen atoms in total. The maximum atomic E-state index is 12.7. The molecule has 0 spiro atoms. The number of nitrogens with one attached hydrogen (secondary N) is 2. The van der Waals surface area contributed by atoms with Crippen molar-refractivity contribution in [3.8, 4) is 0 Å². The highest BCUT2D eigenvalue weighted by Gasteiger charge is 2.54. The van der Waals surface area contributed by atoms with Gasteiger partial charge < -0.3 is 15.5 Å². The molecule has 2 aromatic rings. The number of hydrogen-bond donors (Lipinski definition) is 4. The highest BCUT2D eigenvalue weighted by atomic mass is 32.2. The second-order valence-electron chi connectivity index (χ2n) is 6.50. The Morgan fingerprint density at radius 1 is 1.32 bits per heavy atom. The molecule has 0 bridgehead atoms. The number of thioether (sulfide) groups is 3. The van der Waals surface area contributed by atoms with Crippen LogP contribution < -0.4 is 5.32 Å². The number of H-pyrrole nitrogens is 1. The number of aliphatic hydroxyl groups is 1. The minimum absolute atomic E-state index is 0.0615. The Hall–Kier alpha value is -2.48. The third-order valence-electron chi connectivity index (χ3n) is 4.63. The number of carboxylic acid groups (broad SMARTS) is 1. The van der Waals surface area contributed by atoms with Crippen molar-refractivity contribution >= 4 is 53.1 Å². The van der Waals surface area contributed by atoms with Gasteiger partial charge in [0.2, 0.25) is 0 Å². The van der Waals surface area contributed by atoms with Crippen molar-refractivity contribution in [2.24, 2.45) is 0 Å². The predicted molar refractivity (Wildman–Crippen MR) is 116 cm³/mol. The molecule has 31 heavy (non-hydrogen) atoms. The van der Waals surface area contributed by atoms with Crippen molar-refractivity contribution in [1.29, 1.82) is 0 Å². The molecule has 1 aromatic heterocycles. The van der Waals surface area contributed by atoms with Crippen molar-refractivity contribution < 1.29 is 24.6 Å². The zero-order chi connectivity index (χ0) is 22.0. The van der Waals surface area contributed by atoms with Crippen molar-refractivity contribution in [3.05, 3.63) is 52.7 Å². The monoisotopic (exact) mass is 479 g/mol. The first-order chi connectivity index (χ1) is 15.0. The number of amides is 2. The Morgan fingerprint density at radius 3 is 2.77 bits per heavy atom. The SMILES string of the molecule is O=C(O)C1=C(SCSc2cn[nH]n2)CS[C@H]2[C@H](NC(=O)C(O)c3ccccc3)C(=O)N12. The van der Waals surface area contributed by atoms with E-state index in [1.165, 1.54) is 40.2 Å². The van der Waals surface area contributed by atoms with Gasteiger partial charge in [-0.1, -0.05) is 42.1 Å². The summed E-state index contributed by atoms with van der Waals surface area (Å²) in [5.41, 5.74) is 0.350. The van der Waals surface area contributed by atoms with Crippen molar-refractivity contribution in [2.75, 3.05) is 10.8 Å². The van der Waals surface area contributed by atoms with E-state index in [0.717, 1.165) is 0 Å². The summed E-state index contributed by atoms with van der Waals surface area (Å²) in [6, 6.07) is 7.49. The van der Waals surface area contributed by atoms with E-state index in [1.807, 2.05) is 0 Å². The Morgan fingerprint density at radius 2 is 2.10 bits per heavy atom. The number of benzene rings is 1. The van der Waals surface area contributed by atoms with Crippen LogP contribution in [0.4, 0.5) is 0 Å². The first-order valence-electron chi connectivity index (χ1n) is 9.03. The second-order valence-corrected chi connectivity index (χ2v) is 10.0. The van der Waals surface area contributed by atoms with Crippen molar-refractivity contribution in [3.63, 3.8) is 0 Å². The number of aromatic nitrogens is 3. The first kappa shape index (κ1) is 21.7. The van der Waals surface area contributed by atoms with Crippen LogP contribution in [0, 0.1) is 0 Å². The second kappa shape index (κ2) is 9.34. The summed E-state index contributed by atoms with van der Waals surface area (Å²) in [5.74, 6) is -2.00. The molecule has 3 heterocycles. The molecule has 2 amide bonds. The maximum Gasteiger partial charge on any atom is 0.353 e. The van der Waals surface area contributed by atoms with E-state index in [0.29, 0.717) is 26.3 Å². The van der Waals surface area contributed by atoms with Gasteiger partial charge in [0.15, 0.2) is 6.10 Å². The van der Waals surface area contributed by atoms with E-state index in [-0.39, 0.29) is 5.70 Å². The zero-order valence-corrected chi connectivity index (χ0v) is 18.2. The fraction of sp³-hybridized carbons (Fsp3) is 0.278. The molecule has 2 aliphatic rings. The Bertz CT molecular complexity index is 1020. The Labute approximate surface area is 189 Å². The summed E-state index contributed by atoms with van der Waals surface area (Å²) in [6.07, 6.45) is 0.158. The lowest BCUT2D eigenvalue weighted by atomic mass is 10.0. The minimum Gasteiger partial charge on any atom is -0.477 e. The molecule has 0 radical (unpaired) electrons. The smallest absolute Gasteiger partial charge is 0.353 e. The lowest BCUT2D eigenvalue weighted by Crippen LogP contribution is -2.70. The molecule has 1 aromatic carbocycles. The van der Waals surface area contributed by atoms with Crippen molar-refractivity contribution in [1.82, 2.24) is 25.6 Å². The third-order valence-corrected chi connectivity index (χ3v) is 8.21. The molecule has 0 aliphatic carbocycles. The largest absolute Gasteiger partial charge is 0.477 e. The van der Waals surface area contributed by atoms with Crippen LogP contribution in [-0.2, 0) is 14.4 Å². The summed E-state index contributed by atoms with van der Waals surface area (Å²) in [5, 5.41) is 33.3. The van der Waals surface area contributed by atoms with Gasteiger partial charge in [0.05, 0.1) is 11.3 Å². The van der Waals surface area contributed by atoms with E-state index in [9.17, 15) is 24.6 Å². The fourth-order valence-corrected chi connectivity index (χ4v) is 6.72. The Kier molecular flexibility index (Phi) is 6.55. The molecule has 4 N–H and O–H groups in total. The molecular weight excluding hydrogens is 462 g/mol. The van der Waals surface area contributed by atoms with E-state index >= 15 is 0 Å². The molecule has 4 rings (SSSR count). The van der Waals surface area contributed by atoms with Crippen LogP contribution in [0.2, 0.25) is 0 Å². The molecule has 2 aliphatic heterocycles. The Balaban J connectivity index is 1.42. The standard InChI is InChI=1S/C18H17N5O5S3/c24-14(9-4-2-1-3-5-9)15(25)20-12-16(26)23-13(18(27)28)10(7-29-17(12)23)30-8-31-11-6-19-22-21-11/h1-6,12,14,17,24H,7-8H2,(H,20,25)(H,27,28)(H,19,21,22)/t12-,14?,17+/m1/s1. The van der Waals surface area contributed by atoms with Gasteiger partial charge in [-0.3, -0.25) is 14.5 Å². The third kappa shape index (κ3) is 4.44. The topological polar surface area (TPSA) is 149 Å². The highest BCUT2D eigenvalue weighted by molar-refractivity contribution is 8.18. The van der Waals surface area contributed by atoms with Crippen LogP contribution in [0.25, 0.3) is 0 Å². The number of carbonyl (C=O) groups excluding carboxylic acids is 2. The lowest BCUT2D eigenvalue weighted by Gasteiger charge is -2.49. The molecule has 3 atom stereocenters. The van der Waals surface area contributed by atoms with Crippen molar-refractivity contribution in [2.45, 2.75) is 22.5 Å². The van der Waals surface area contributed by atoms with Gasteiger partial charge in [-0.25, -0.2) is 4.79 Å². The average molecular weight is 480 g/mol. The van der Waals surface area contributed by atoms with Gasteiger partial charge in [0.25, 0.3) is 11.8 Å². The van der Waals surface area contributed by atoms with Gasteiger partial charge in [0, 0.05) is 10.7 Å². The molecule has 0 saturated carbocycles. The van der Waals surface area contributed by atoms with Crippen LogP contribution in [-0.4, -0.2) is 70.6 Å². The number of nitrogens with zero attached hydrogens (tertiary/aromatic N) is 3. The maximum absolute atomic E-state index is 12.7. The van der Waals surface area contributed by atoms with Gasteiger partial charge in [-0.05, 0) is 5.56 Å². The molecule has 1 unspecified atom stereocenters. The predicted octanol–water partition coefficient (Wildman–Crippen LogP) is 1.02. The first-order valence-corrected chi connectivity index (χ1v) is 12.0. The number of aliphatic hydroxyl groups excluding tert-OH is 1. The van der Waals surface area contributed by atoms with Gasteiger partial charge >= 0.3 is 5.97 Å². The molecule has 13 heteroatoms. The molecule has 1 saturated heterocycles. The number of aliphatic carboxylic acids is 1. The molecular formula is C18H17N5O5S3. The number of fused-ring (bicyclic) bond motifs is 1. The summed E-state index contributed by atoms with van der Waals surface area (Å²) in [7, 11) is 0. The number of rotatable bonds is 8. The number of hydrogen-bond acceptors (Lipinski definition) is 9. The van der Waals surface area contributed by atoms with Crippen LogP contribution >= 0.6 is 35.3 Å². The summed E-state index contributed by atoms with van der Waals surface area (Å²) >= 11 is 4.10. The lowest BCUT2D eigenvalue weighted by molar-refractivity contribution is -0.151. The molecule has 162 valence electrons. The zero-order valence-electron chi connectivity index (χ0n) is 15.8. The average Bonchev–Trinajstić information content (AvgIpc) is 3.30. The van der Waals surface area contributed by atoms with Crippen LogP contribution in [0.1, 0.15) is 11.7 Å². The number of carbonyl (C=O) groups is 3. The van der Waals surface area contributed by atoms with Gasteiger partial charge in [0.1, 0.15) is 22.1 Å². The minimum atomic E-state index is -1.41. The summed E-state index contributed by atoms with van der Waals surface area (Å²) in [6.45, 7) is 0. The van der Waals surface area contributed by atoms with E-state index in [2.05, 4.69) is 20.7 Å². The highest BCUT2D eigenvalue weighted by Crippen LogP contribution is 2.44. The van der Waals surface area contributed by atoms with E-state index < -0.39 is 35.3 Å². The summed E-state index contributed by atoms with van der Waals surface area (Å²) in [4.78, 5) is 38.8. The van der Waals surface area contributed by atoms with Crippen LogP contribution in [0.15, 0.2) is 52.2 Å². The fourth-order valence-electron chi connectivity index (χ4n) is 3.14. The van der Waals surface area contributed by atoms with E-state index in [4.69, 9.17) is 0 Å². The number of aromatic amines is 1. The van der Waals surface area contributed by atoms with Gasteiger partial charge in [-0.2, -0.15) is 10.3 Å². The summed E-state index contributed by atoms with van der Waals surface area (Å²) < 4.78 is 0. The van der Waals surface area contributed by atoms with Gasteiger partial charge in [-0.15, -0.1) is 28.6 Å². The van der Waals surface area contributed by atoms with E-state index in [1.54, 1.807) is 36.5 Å².